The Kier molecular flexibility index (Phi) is 6.49. The normalized spacial score (nSPS) is 20.5. The molecule has 11 nitrogen and oxygen atoms in total. The predicted octanol–water partition coefficient (Wildman–Crippen LogP) is 2.85. The standard InChI is InChI=1S/C24H29N7O4/c1-25-23(34)27-17-6-2-15(3-7-17)20-19-14-26-29-21(19)31(18-8-4-16(5-9-18)22(32)33)24(28-20)30-10-12-35-13-11-30/h2-3,6-7,14,16,18H,4-5,8-13H2,1H3,(H,32,33)(H2,25,27,34). The van der Waals surface area contributed by atoms with Crippen molar-refractivity contribution in [2.75, 3.05) is 43.6 Å². The van der Waals surface area contributed by atoms with Crippen LogP contribution in [0.15, 0.2) is 30.5 Å². The van der Waals surface area contributed by atoms with Gasteiger partial charge in [0.1, 0.15) is 0 Å². The first kappa shape index (κ1) is 23.0. The molecule has 1 aliphatic carbocycles. The molecule has 0 unspecified atom stereocenters. The van der Waals surface area contributed by atoms with E-state index in [2.05, 4.69) is 30.3 Å². The molecular weight excluding hydrogens is 450 g/mol. The van der Waals surface area contributed by atoms with Crippen LogP contribution in [0, 0.1) is 5.92 Å². The topological polar surface area (TPSA) is 134 Å². The van der Waals surface area contributed by atoms with Crippen LogP contribution in [0.4, 0.5) is 16.4 Å². The van der Waals surface area contributed by atoms with Gasteiger partial charge in [0, 0.05) is 37.4 Å². The number of benzene rings is 1. The van der Waals surface area contributed by atoms with Gasteiger partial charge in [0.05, 0.1) is 36.6 Å². The molecule has 1 aromatic rings. The van der Waals surface area contributed by atoms with Crippen LogP contribution in [0.3, 0.4) is 0 Å². The number of ether oxygens (including phenoxy) is 1. The molecule has 1 aromatic carbocycles. The Labute approximate surface area is 202 Å². The van der Waals surface area contributed by atoms with Crippen LogP contribution in [-0.2, 0) is 9.53 Å². The van der Waals surface area contributed by atoms with Gasteiger partial charge in [-0.05, 0) is 37.8 Å². The molecule has 0 spiro atoms. The first-order chi connectivity index (χ1) is 17.0. The van der Waals surface area contributed by atoms with Gasteiger partial charge in [-0.3, -0.25) is 9.36 Å². The molecule has 1 saturated carbocycles. The smallest absolute Gasteiger partial charge is 0.318 e. The molecule has 3 N–H and O–H groups in total. The summed E-state index contributed by atoms with van der Waals surface area (Å²) in [6.45, 7) is 2.66. The highest BCUT2D eigenvalue weighted by atomic mass is 16.5. The Morgan fingerprint density at radius 1 is 1.09 bits per heavy atom. The molecule has 3 heterocycles. The number of carbonyl (C=O) groups excluding carboxylic acids is 1. The summed E-state index contributed by atoms with van der Waals surface area (Å²) in [5.41, 5.74) is 3.18. The second-order valence-electron chi connectivity index (χ2n) is 8.94. The summed E-state index contributed by atoms with van der Waals surface area (Å²) in [6.07, 6.45) is 4.50. The number of urea groups is 1. The number of hydrogen-bond donors (Lipinski definition) is 3. The Hall–Kier alpha value is -3.73. The highest BCUT2D eigenvalue weighted by Gasteiger charge is 2.33. The third kappa shape index (κ3) is 4.63. The number of carboxylic acids is 1. The molecule has 35 heavy (non-hydrogen) atoms. The van der Waals surface area contributed by atoms with Gasteiger partial charge in [-0.1, -0.05) is 12.1 Å². The number of anilines is 2. The molecule has 184 valence electrons. The Balaban J connectivity index is 1.55. The van der Waals surface area contributed by atoms with Crippen LogP contribution in [-0.4, -0.2) is 70.2 Å². The number of nitrogens with zero attached hydrogens (tertiary/aromatic N) is 5. The number of nitrogens with one attached hydrogen (secondary N) is 2. The van der Waals surface area contributed by atoms with Crippen LogP contribution < -0.4 is 15.5 Å². The summed E-state index contributed by atoms with van der Waals surface area (Å²) in [5.74, 6) is 0.544. The van der Waals surface area contributed by atoms with Crippen LogP contribution >= 0.6 is 0 Å². The van der Waals surface area contributed by atoms with E-state index in [0.29, 0.717) is 44.8 Å². The Morgan fingerprint density at radius 2 is 1.80 bits per heavy atom. The van der Waals surface area contributed by atoms with E-state index in [1.54, 1.807) is 13.2 Å². The molecule has 2 amide bonds. The zero-order valence-corrected chi connectivity index (χ0v) is 19.6. The number of fused-ring (bicyclic) bond motifs is 1. The summed E-state index contributed by atoms with van der Waals surface area (Å²) in [7, 11) is 1.57. The van der Waals surface area contributed by atoms with Gasteiger partial charge >= 0.3 is 12.0 Å². The van der Waals surface area contributed by atoms with Crippen LogP contribution in [0.5, 0.6) is 0 Å². The van der Waals surface area contributed by atoms with Gasteiger partial charge in [0.2, 0.25) is 5.95 Å². The maximum atomic E-state index is 11.6. The van der Waals surface area contributed by atoms with E-state index >= 15 is 0 Å². The Morgan fingerprint density at radius 3 is 2.46 bits per heavy atom. The maximum absolute atomic E-state index is 11.6. The monoisotopic (exact) mass is 479 g/mol. The molecule has 0 radical (unpaired) electrons. The fraction of sp³-hybridized carbons (Fsp3) is 0.458. The lowest BCUT2D eigenvalue weighted by Crippen LogP contribution is -2.40. The number of carboxylic acid groups (broad SMARTS) is 1. The van der Waals surface area contributed by atoms with E-state index < -0.39 is 5.97 Å². The van der Waals surface area contributed by atoms with Crippen molar-refractivity contribution in [1.82, 2.24) is 25.1 Å². The van der Waals surface area contributed by atoms with E-state index in [9.17, 15) is 14.7 Å². The lowest BCUT2D eigenvalue weighted by molar-refractivity contribution is -0.143. The molecule has 0 bridgehead atoms. The second kappa shape index (κ2) is 9.87. The fourth-order valence-electron chi connectivity index (χ4n) is 4.94. The van der Waals surface area contributed by atoms with Crippen LogP contribution in [0.25, 0.3) is 22.6 Å². The van der Waals surface area contributed by atoms with Gasteiger partial charge < -0.3 is 25.4 Å². The molecule has 4 aliphatic rings. The third-order valence-electron chi connectivity index (χ3n) is 6.84. The summed E-state index contributed by atoms with van der Waals surface area (Å²) < 4.78 is 7.74. The minimum Gasteiger partial charge on any atom is -0.481 e. The van der Waals surface area contributed by atoms with Crippen molar-refractivity contribution in [3.8, 4) is 22.6 Å². The quantitative estimate of drug-likeness (QED) is 0.509. The van der Waals surface area contributed by atoms with Crippen molar-refractivity contribution in [3.63, 3.8) is 0 Å². The number of rotatable bonds is 5. The van der Waals surface area contributed by atoms with Gasteiger partial charge in [0.15, 0.2) is 5.82 Å². The van der Waals surface area contributed by atoms with Crippen molar-refractivity contribution in [3.05, 3.63) is 30.5 Å². The van der Waals surface area contributed by atoms with Gasteiger partial charge in [0.25, 0.3) is 0 Å². The number of carbonyl (C=O) groups is 2. The fourth-order valence-corrected chi connectivity index (χ4v) is 4.94. The molecule has 0 atom stereocenters. The van der Waals surface area contributed by atoms with Crippen molar-refractivity contribution < 1.29 is 19.4 Å². The summed E-state index contributed by atoms with van der Waals surface area (Å²) >= 11 is 0. The zero-order valence-electron chi connectivity index (χ0n) is 19.6. The lowest BCUT2D eigenvalue weighted by Gasteiger charge is -2.36. The first-order valence-electron chi connectivity index (χ1n) is 11.9. The van der Waals surface area contributed by atoms with Crippen molar-refractivity contribution in [2.24, 2.45) is 5.92 Å². The van der Waals surface area contributed by atoms with Crippen LogP contribution in [0.1, 0.15) is 31.7 Å². The molecule has 2 fully saturated rings. The molecule has 11 heteroatoms. The third-order valence-corrected chi connectivity index (χ3v) is 6.84. The minimum atomic E-state index is -0.720. The second-order valence-corrected chi connectivity index (χ2v) is 8.94. The molecule has 1 saturated heterocycles. The molecular formula is C24H29N7O4. The van der Waals surface area contributed by atoms with Gasteiger partial charge in [-0.2, -0.15) is 5.10 Å². The first-order valence-corrected chi connectivity index (χ1v) is 11.9. The van der Waals surface area contributed by atoms with E-state index in [4.69, 9.17) is 9.72 Å². The predicted molar refractivity (Wildman–Crippen MR) is 130 cm³/mol. The highest BCUT2D eigenvalue weighted by molar-refractivity contribution is 5.89. The zero-order chi connectivity index (χ0) is 24.4. The number of hydrogen-bond acceptors (Lipinski definition) is 7. The number of aromatic nitrogens is 4. The molecule has 0 aromatic heterocycles. The Bertz CT molecular complexity index is 1170. The van der Waals surface area contributed by atoms with Crippen molar-refractivity contribution in [1.29, 1.82) is 0 Å². The highest BCUT2D eigenvalue weighted by Crippen LogP contribution is 2.41. The van der Waals surface area contributed by atoms with E-state index in [-0.39, 0.29) is 18.0 Å². The maximum Gasteiger partial charge on any atom is 0.318 e. The van der Waals surface area contributed by atoms with Gasteiger partial charge in [-0.25, -0.2) is 9.78 Å². The van der Waals surface area contributed by atoms with Gasteiger partial charge in [-0.15, -0.1) is 5.10 Å². The largest absolute Gasteiger partial charge is 0.481 e. The average Bonchev–Trinajstić information content (AvgIpc) is 3.38. The summed E-state index contributed by atoms with van der Waals surface area (Å²) in [6, 6.07) is 7.34. The van der Waals surface area contributed by atoms with E-state index in [1.807, 2.05) is 24.3 Å². The van der Waals surface area contributed by atoms with Crippen molar-refractivity contribution >= 4 is 23.6 Å². The SMILES string of the molecule is CNC(=O)Nc1ccc(-c2nc(N3CCOCC3)n(C3CCC(C(=O)O)CC3)c3nncc2-3)cc1. The minimum absolute atomic E-state index is 0.100. The number of aliphatic carboxylic acids is 1. The average molecular weight is 480 g/mol. The molecule has 3 aliphatic heterocycles. The summed E-state index contributed by atoms with van der Waals surface area (Å²) in [5, 5.41) is 23.5. The molecule has 5 rings (SSSR count). The van der Waals surface area contributed by atoms with E-state index in [0.717, 1.165) is 41.4 Å². The number of morpholine rings is 1. The van der Waals surface area contributed by atoms with Crippen molar-refractivity contribution in [2.45, 2.75) is 31.7 Å². The number of amides is 2. The van der Waals surface area contributed by atoms with E-state index in [1.165, 1.54) is 0 Å². The lowest BCUT2D eigenvalue weighted by atomic mass is 9.85. The summed E-state index contributed by atoms with van der Waals surface area (Å²) in [4.78, 5) is 30.5. The van der Waals surface area contributed by atoms with Crippen LogP contribution in [0.2, 0.25) is 0 Å².